The van der Waals surface area contributed by atoms with Gasteiger partial charge in [-0.25, -0.2) is 15.0 Å². The fourth-order valence-electron chi connectivity index (χ4n) is 2.78. The van der Waals surface area contributed by atoms with Crippen LogP contribution in [0.4, 0.5) is 24.3 Å². The lowest BCUT2D eigenvalue weighted by Crippen LogP contribution is -2.19. The average Bonchev–Trinajstić information content (AvgIpc) is 3.36. The first-order valence-electron chi connectivity index (χ1n) is 8.73. The second-order valence-corrected chi connectivity index (χ2v) is 7.26. The number of halogens is 3. The summed E-state index contributed by atoms with van der Waals surface area (Å²) >= 11 is 1.36. The molecule has 1 atom stereocenters. The Hall–Kier alpha value is -3.31. The third-order valence-electron chi connectivity index (χ3n) is 4.24. The first kappa shape index (κ1) is 20.0. The molecular formula is C19H15F3N6OS. The minimum Gasteiger partial charge on any atom is -0.379 e. The van der Waals surface area contributed by atoms with Gasteiger partial charge in [0.25, 0.3) is 0 Å². The van der Waals surface area contributed by atoms with E-state index >= 15 is 0 Å². The number of nitrogens with one attached hydrogen (secondary N) is 2. The van der Waals surface area contributed by atoms with E-state index in [4.69, 9.17) is 0 Å². The number of aliphatic hydroxyl groups is 1. The van der Waals surface area contributed by atoms with E-state index in [9.17, 15) is 18.3 Å². The molecule has 3 N–H and O–H groups in total. The molecule has 1 aromatic carbocycles. The molecule has 4 rings (SSSR count). The first-order chi connectivity index (χ1) is 14.3. The van der Waals surface area contributed by atoms with Crippen LogP contribution in [0.3, 0.4) is 0 Å². The number of thiazole rings is 1. The number of hydrogen-bond donors (Lipinski definition) is 3. The van der Waals surface area contributed by atoms with E-state index in [-0.39, 0.29) is 5.56 Å². The molecule has 0 spiro atoms. The Bertz CT molecular complexity index is 1160. The number of anilines is 2. The summed E-state index contributed by atoms with van der Waals surface area (Å²) in [6.45, 7) is 1.86. The normalized spacial score (nSPS) is 12.7. The van der Waals surface area contributed by atoms with Crippen LogP contribution in [-0.2, 0) is 0 Å². The summed E-state index contributed by atoms with van der Waals surface area (Å²) in [7, 11) is 0. The number of aryl methyl sites for hydroxylation is 1. The van der Waals surface area contributed by atoms with Crippen molar-refractivity contribution in [1.29, 1.82) is 0 Å². The summed E-state index contributed by atoms with van der Waals surface area (Å²) in [5, 5.41) is 21.8. The molecule has 7 nitrogen and oxygen atoms in total. The van der Waals surface area contributed by atoms with E-state index in [0.29, 0.717) is 33.6 Å². The summed E-state index contributed by atoms with van der Waals surface area (Å²) in [4.78, 5) is 12.9. The number of hydrogen-bond acceptors (Lipinski definition) is 7. The summed E-state index contributed by atoms with van der Waals surface area (Å²) in [5.41, 5.74) is 3.04. The molecule has 0 bridgehead atoms. The number of aromatic nitrogens is 5. The molecular weight excluding hydrogens is 417 g/mol. The van der Waals surface area contributed by atoms with E-state index in [2.05, 4.69) is 30.5 Å². The maximum Gasteiger partial charge on any atom is 0.418 e. The molecule has 0 amide bonds. The smallest absolute Gasteiger partial charge is 0.379 e. The number of aliphatic hydroxyl groups excluding tert-OH is 1. The zero-order valence-electron chi connectivity index (χ0n) is 15.5. The van der Waals surface area contributed by atoms with E-state index < -0.39 is 12.3 Å². The zero-order valence-corrected chi connectivity index (χ0v) is 16.3. The van der Waals surface area contributed by atoms with Gasteiger partial charge in [0.15, 0.2) is 11.2 Å². The van der Waals surface area contributed by atoms with Crippen LogP contribution in [0.1, 0.15) is 17.4 Å². The molecule has 154 valence electrons. The van der Waals surface area contributed by atoms with Crippen molar-refractivity contribution in [2.24, 2.45) is 0 Å². The van der Waals surface area contributed by atoms with Gasteiger partial charge in [0.2, 0.25) is 5.95 Å². The maximum atomic E-state index is 12.7. The van der Waals surface area contributed by atoms with Crippen LogP contribution in [0.2, 0.25) is 0 Å². The topological polar surface area (TPSA) is 99.6 Å². The van der Waals surface area contributed by atoms with Crippen molar-refractivity contribution in [1.82, 2.24) is 25.1 Å². The Morgan fingerprint density at radius 1 is 1.13 bits per heavy atom. The Morgan fingerprint density at radius 3 is 2.60 bits per heavy atom. The highest BCUT2D eigenvalue weighted by molar-refractivity contribution is 7.14. The van der Waals surface area contributed by atoms with Crippen LogP contribution in [0.5, 0.6) is 0 Å². The molecule has 0 aliphatic carbocycles. The van der Waals surface area contributed by atoms with Gasteiger partial charge < -0.3 is 10.4 Å². The fourth-order valence-corrected chi connectivity index (χ4v) is 3.48. The molecule has 0 fully saturated rings. The molecule has 0 aliphatic rings. The molecule has 0 radical (unpaired) electrons. The Balaban J connectivity index is 1.57. The maximum absolute atomic E-state index is 12.7. The van der Waals surface area contributed by atoms with Crippen molar-refractivity contribution < 1.29 is 18.3 Å². The monoisotopic (exact) mass is 432 g/mol. The molecule has 4 aromatic rings. The number of aromatic amines is 1. The van der Waals surface area contributed by atoms with Crippen LogP contribution in [0.15, 0.2) is 48.1 Å². The van der Waals surface area contributed by atoms with Crippen LogP contribution < -0.4 is 5.32 Å². The van der Waals surface area contributed by atoms with Gasteiger partial charge in [-0.3, -0.25) is 5.10 Å². The summed E-state index contributed by atoms with van der Waals surface area (Å²) < 4.78 is 38.1. The Morgan fingerprint density at radius 2 is 1.90 bits per heavy atom. The van der Waals surface area contributed by atoms with E-state index in [0.717, 1.165) is 5.69 Å². The highest BCUT2D eigenvalue weighted by Crippen LogP contribution is 2.35. The fraction of sp³-hybridized carbons (Fsp3) is 0.158. The summed E-state index contributed by atoms with van der Waals surface area (Å²) in [5.74, 6) is 0.433. The third kappa shape index (κ3) is 4.16. The van der Waals surface area contributed by atoms with Crippen molar-refractivity contribution >= 4 is 22.4 Å². The lowest BCUT2D eigenvalue weighted by molar-refractivity contribution is -0.206. The number of H-pyrrole nitrogens is 1. The van der Waals surface area contributed by atoms with Crippen molar-refractivity contribution in [3.63, 3.8) is 0 Å². The molecule has 0 aliphatic heterocycles. The van der Waals surface area contributed by atoms with Gasteiger partial charge in [-0.05, 0) is 18.6 Å². The second-order valence-electron chi connectivity index (χ2n) is 6.40. The van der Waals surface area contributed by atoms with Crippen molar-refractivity contribution in [2.75, 3.05) is 5.32 Å². The third-order valence-corrected chi connectivity index (χ3v) is 5.00. The minimum atomic E-state index is -4.72. The summed E-state index contributed by atoms with van der Waals surface area (Å²) in [6.07, 6.45) is -3.94. The number of alkyl halides is 3. The zero-order chi connectivity index (χ0) is 21.3. The van der Waals surface area contributed by atoms with Gasteiger partial charge in [0.05, 0.1) is 5.69 Å². The van der Waals surface area contributed by atoms with Gasteiger partial charge >= 0.3 is 6.18 Å². The predicted octanol–water partition coefficient (Wildman–Crippen LogP) is 4.64. The highest BCUT2D eigenvalue weighted by Gasteiger charge is 2.39. The van der Waals surface area contributed by atoms with Gasteiger partial charge in [-0.2, -0.15) is 18.3 Å². The van der Waals surface area contributed by atoms with Crippen LogP contribution in [-0.4, -0.2) is 36.4 Å². The summed E-state index contributed by atoms with van der Waals surface area (Å²) in [6, 6.07) is 7.21. The molecule has 3 heterocycles. The van der Waals surface area contributed by atoms with E-state index in [1.807, 2.05) is 12.3 Å². The molecule has 1 unspecified atom stereocenters. The molecule has 11 heteroatoms. The van der Waals surface area contributed by atoms with Crippen molar-refractivity contribution in [3.05, 3.63) is 59.4 Å². The lowest BCUT2D eigenvalue weighted by Gasteiger charge is -2.14. The molecule has 30 heavy (non-hydrogen) atoms. The second kappa shape index (κ2) is 7.84. The largest absolute Gasteiger partial charge is 0.418 e. The van der Waals surface area contributed by atoms with Crippen molar-refractivity contribution in [2.45, 2.75) is 19.2 Å². The number of nitrogens with zero attached hydrogens (tertiary/aromatic N) is 4. The average molecular weight is 432 g/mol. The Labute approximate surface area is 172 Å². The van der Waals surface area contributed by atoms with Crippen LogP contribution >= 0.6 is 11.3 Å². The van der Waals surface area contributed by atoms with Gasteiger partial charge in [0, 0.05) is 34.6 Å². The van der Waals surface area contributed by atoms with E-state index in [1.165, 1.54) is 35.6 Å². The van der Waals surface area contributed by atoms with Crippen LogP contribution in [0, 0.1) is 6.92 Å². The molecule has 3 aromatic heterocycles. The van der Waals surface area contributed by atoms with Gasteiger partial charge in [0.1, 0.15) is 5.69 Å². The van der Waals surface area contributed by atoms with E-state index in [1.54, 1.807) is 18.5 Å². The lowest BCUT2D eigenvalue weighted by atomic mass is 10.0. The Kier molecular flexibility index (Phi) is 5.22. The predicted molar refractivity (Wildman–Crippen MR) is 106 cm³/mol. The van der Waals surface area contributed by atoms with Gasteiger partial charge in [-0.15, -0.1) is 11.3 Å². The van der Waals surface area contributed by atoms with Gasteiger partial charge in [-0.1, -0.05) is 24.3 Å². The minimum absolute atomic E-state index is 0.235. The molecule has 0 saturated carbocycles. The van der Waals surface area contributed by atoms with Crippen LogP contribution in [0.25, 0.3) is 22.5 Å². The molecule has 0 saturated heterocycles. The SMILES string of the molecule is Cc1ccnc(Nc2nc(-c3c[nH]nc3-c3ccc(C(O)C(F)(F)F)cc3)cs2)n1. The van der Waals surface area contributed by atoms with Crippen molar-refractivity contribution in [3.8, 4) is 22.5 Å². The number of rotatable bonds is 5. The highest BCUT2D eigenvalue weighted by atomic mass is 32.1. The quantitative estimate of drug-likeness (QED) is 0.425. The first-order valence-corrected chi connectivity index (χ1v) is 9.60. The standard InChI is InChI=1S/C19H15F3N6OS/c1-10-6-7-23-17(25-10)27-18-26-14(9-30-18)13-8-24-28-15(13)11-2-4-12(5-3-11)16(29)19(20,21)22/h2-9,16,29H,1H3,(H,24,28)(H,23,25,26,27). The number of benzene rings is 1.